The maximum Gasteiger partial charge on any atom is 0.214 e. The fraction of sp³-hybridized carbons (Fsp3) is 0.688. The van der Waals surface area contributed by atoms with Gasteiger partial charge in [-0.2, -0.15) is 4.31 Å². The largest absolute Gasteiger partial charge is 0.380 e. The summed E-state index contributed by atoms with van der Waals surface area (Å²) in [6.45, 7) is 6.02. The number of rotatable bonds is 4. The molecule has 0 N–H and O–H groups in total. The molecule has 3 heterocycles. The molecule has 1 aromatic rings. The van der Waals surface area contributed by atoms with Gasteiger partial charge < -0.3 is 4.74 Å². The first-order valence-electron chi connectivity index (χ1n) is 8.28. The van der Waals surface area contributed by atoms with Gasteiger partial charge in [0.15, 0.2) is 0 Å². The van der Waals surface area contributed by atoms with E-state index >= 15 is 0 Å². The second-order valence-corrected chi connectivity index (χ2v) is 8.50. The molecule has 0 aromatic carbocycles. The number of pyridine rings is 1. The van der Waals surface area contributed by atoms with Gasteiger partial charge in [-0.1, -0.05) is 0 Å². The van der Waals surface area contributed by atoms with Crippen LogP contribution >= 0.6 is 0 Å². The number of hydrogen-bond acceptors (Lipinski definition) is 5. The Balaban J connectivity index is 1.70. The van der Waals surface area contributed by atoms with Crippen LogP contribution in [0.3, 0.4) is 0 Å². The van der Waals surface area contributed by atoms with E-state index in [1.807, 2.05) is 24.5 Å². The zero-order chi connectivity index (χ0) is 16.3. The van der Waals surface area contributed by atoms with Crippen molar-refractivity contribution in [2.45, 2.75) is 25.9 Å². The fourth-order valence-corrected chi connectivity index (χ4v) is 4.97. The summed E-state index contributed by atoms with van der Waals surface area (Å²) >= 11 is 0. The van der Waals surface area contributed by atoms with E-state index in [9.17, 15) is 8.42 Å². The van der Waals surface area contributed by atoms with Crippen LogP contribution in [0.4, 0.5) is 0 Å². The number of nitrogens with zero attached hydrogens (tertiary/aromatic N) is 3. The second-order valence-electron chi connectivity index (χ2n) is 6.29. The monoisotopic (exact) mass is 339 g/mol. The molecule has 7 heteroatoms. The molecule has 0 spiro atoms. The van der Waals surface area contributed by atoms with Gasteiger partial charge in [-0.3, -0.25) is 9.88 Å². The van der Waals surface area contributed by atoms with E-state index in [4.69, 9.17) is 4.74 Å². The van der Waals surface area contributed by atoms with Gasteiger partial charge in [-0.05, 0) is 31.0 Å². The Hall–Kier alpha value is -1.02. The van der Waals surface area contributed by atoms with Crippen LogP contribution in [0.25, 0.3) is 0 Å². The Kier molecular flexibility index (Phi) is 5.31. The van der Waals surface area contributed by atoms with Crippen molar-refractivity contribution in [3.63, 3.8) is 0 Å². The molecule has 128 valence electrons. The van der Waals surface area contributed by atoms with Gasteiger partial charge in [-0.25, -0.2) is 8.42 Å². The van der Waals surface area contributed by atoms with Crippen molar-refractivity contribution in [2.75, 3.05) is 38.6 Å². The van der Waals surface area contributed by atoms with Crippen LogP contribution < -0.4 is 0 Å². The third-order valence-corrected chi connectivity index (χ3v) is 6.71. The molecule has 0 amide bonds. The maximum atomic E-state index is 12.4. The second kappa shape index (κ2) is 7.25. The standard InChI is InChI=1S/C16H25N3O3S/c1-2-23(20,21)19-9-10-22-13-15-12-18(8-5-16(15)19)11-14-3-6-17-7-4-14/h3-4,6-7,15-16H,2,5,8-13H2,1H3/t15-,16-/m1/s1. The van der Waals surface area contributed by atoms with Crippen molar-refractivity contribution in [1.29, 1.82) is 0 Å². The van der Waals surface area contributed by atoms with Crippen LogP contribution in [0.5, 0.6) is 0 Å². The van der Waals surface area contributed by atoms with Gasteiger partial charge in [0.2, 0.25) is 10.0 Å². The Bertz CT molecular complexity index is 608. The Labute approximate surface area is 138 Å². The molecule has 23 heavy (non-hydrogen) atoms. The zero-order valence-corrected chi connectivity index (χ0v) is 14.4. The number of fused-ring (bicyclic) bond motifs is 1. The molecule has 2 aliphatic rings. The summed E-state index contributed by atoms with van der Waals surface area (Å²) in [5.41, 5.74) is 1.24. The van der Waals surface area contributed by atoms with Crippen molar-refractivity contribution in [3.05, 3.63) is 30.1 Å². The van der Waals surface area contributed by atoms with Crippen molar-refractivity contribution >= 4 is 10.0 Å². The minimum Gasteiger partial charge on any atom is -0.380 e. The predicted octanol–water partition coefficient (Wildman–Crippen LogP) is 0.954. The lowest BCUT2D eigenvalue weighted by molar-refractivity contribution is 0.0612. The summed E-state index contributed by atoms with van der Waals surface area (Å²) in [4.78, 5) is 6.44. The van der Waals surface area contributed by atoms with Crippen LogP contribution in [-0.4, -0.2) is 67.2 Å². The van der Waals surface area contributed by atoms with E-state index in [1.54, 1.807) is 11.2 Å². The lowest BCUT2D eigenvalue weighted by Crippen LogP contribution is -2.53. The zero-order valence-electron chi connectivity index (χ0n) is 13.6. The van der Waals surface area contributed by atoms with Crippen LogP contribution in [0.2, 0.25) is 0 Å². The highest BCUT2D eigenvalue weighted by Crippen LogP contribution is 2.28. The van der Waals surface area contributed by atoms with E-state index < -0.39 is 10.0 Å². The Morgan fingerprint density at radius 2 is 2.09 bits per heavy atom. The van der Waals surface area contributed by atoms with Crippen LogP contribution in [0, 0.1) is 5.92 Å². The first-order chi connectivity index (χ1) is 11.1. The summed E-state index contributed by atoms with van der Waals surface area (Å²) in [5.74, 6) is 0.408. The van der Waals surface area contributed by atoms with Gasteiger partial charge in [0, 0.05) is 50.5 Å². The number of sulfonamides is 1. The molecule has 1 aromatic heterocycles. The van der Waals surface area contributed by atoms with Crippen LogP contribution in [0.15, 0.2) is 24.5 Å². The molecule has 2 saturated heterocycles. The highest BCUT2D eigenvalue weighted by molar-refractivity contribution is 7.89. The highest BCUT2D eigenvalue weighted by Gasteiger charge is 2.39. The SMILES string of the molecule is CCS(=O)(=O)N1CCOC[C@H]2CN(Cc3ccncc3)CC[C@H]21. The minimum absolute atomic E-state index is 0.0798. The average Bonchev–Trinajstić information content (AvgIpc) is 2.78. The minimum atomic E-state index is -3.16. The molecule has 0 unspecified atom stereocenters. The van der Waals surface area contributed by atoms with Gasteiger partial charge in [-0.15, -0.1) is 0 Å². The van der Waals surface area contributed by atoms with E-state index in [2.05, 4.69) is 9.88 Å². The van der Waals surface area contributed by atoms with Crippen LogP contribution in [-0.2, 0) is 21.3 Å². The lowest BCUT2D eigenvalue weighted by atomic mass is 9.92. The molecule has 3 rings (SSSR count). The maximum absolute atomic E-state index is 12.4. The summed E-state index contributed by atoms with van der Waals surface area (Å²) in [5, 5.41) is 0. The first-order valence-corrected chi connectivity index (χ1v) is 9.89. The van der Waals surface area contributed by atoms with Crippen LogP contribution in [0.1, 0.15) is 18.9 Å². The fourth-order valence-electron chi connectivity index (χ4n) is 3.59. The average molecular weight is 339 g/mol. The topological polar surface area (TPSA) is 62.7 Å². The Morgan fingerprint density at radius 1 is 1.30 bits per heavy atom. The van der Waals surface area contributed by atoms with Gasteiger partial charge in [0.25, 0.3) is 0 Å². The van der Waals surface area contributed by atoms with Crippen molar-refractivity contribution in [3.8, 4) is 0 Å². The van der Waals surface area contributed by atoms with E-state index in [-0.39, 0.29) is 17.7 Å². The van der Waals surface area contributed by atoms with Gasteiger partial charge in [0.05, 0.1) is 19.0 Å². The molecule has 0 bridgehead atoms. The van der Waals surface area contributed by atoms with Gasteiger partial charge >= 0.3 is 0 Å². The number of hydrogen-bond donors (Lipinski definition) is 0. The third kappa shape index (κ3) is 3.91. The van der Waals surface area contributed by atoms with Crippen molar-refractivity contribution in [1.82, 2.24) is 14.2 Å². The molecular formula is C16H25N3O3S. The van der Waals surface area contributed by atoms with E-state index in [0.29, 0.717) is 19.8 Å². The lowest BCUT2D eigenvalue weighted by Gasteiger charge is -2.41. The van der Waals surface area contributed by atoms with E-state index in [0.717, 1.165) is 26.1 Å². The van der Waals surface area contributed by atoms with Crippen molar-refractivity contribution < 1.29 is 13.2 Å². The summed E-state index contributed by atoms with van der Waals surface area (Å²) in [7, 11) is -3.16. The van der Waals surface area contributed by atoms with Gasteiger partial charge in [0.1, 0.15) is 0 Å². The molecule has 6 nitrogen and oxygen atoms in total. The highest BCUT2D eigenvalue weighted by atomic mass is 32.2. The summed E-state index contributed by atoms with van der Waals surface area (Å²) in [6.07, 6.45) is 4.50. The molecule has 0 radical (unpaired) electrons. The molecule has 2 fully saturated rings. The molecule has 0 aliphatic carbocycles. The van der Waals surface area contributed by atoms with Crippen molar-refractivity contribution in [2.24, 2.45) is 5.92 Å². The smallest absolute Gasteiger partial charge is 0.214 e. The number of piperidine rings is 1. The number of aromatic nitrogens is 1. The number of likely N-dealkylation sites (tertiary alicyclic amines) is 1. The summed E-state index contributed by atoms with van der Waals surface area (Å²) in [6, 6.07) is 4.14. The quantitative estimate of drug-likeness (QED) is 0.817. The molecular weight excluding hydrogens is 314 g/mol. The third-order valence-electron chi connectivity index (χ3n) is 4.81. The molecule has 2 aliphatic heterocycles. The predicted molar refractivity (Wildman–Crippen MR) is 88.4 cm³/mol. The first kappa shape index (κ1) is 16.8. The Morgan fingerprint density at radius 3 is 2.83 bits per heavy atom. The molecule has 0 saturated carbocycles. The van der Waals surface area contributed by atoms with E-state index in [1.165, 1.54) is 5.56 Å². The molecule has 2 atom stereocenters. The number of ether oxygens (including phenoxy) is 1. The summed E-state index contributed by atoms with van der Waals surface area (Å²) < 4.78 is 32.2. The normalized spacial score (nSPS) is 27.3.